The molecule has 1 aliphatic heterocycles. The molecule has 7 nitrogen and oxygen atoms in total. The first-order chi connectivity index (χ1) is 17.8. The lowest BCUT2D eigenvalue weighted by atomic mass is 9.86. The van der Waals surface area contributed by atoms with Crippen molar-refractivity contribution in [2.75, 3.05) is 18.0 Å². The average molecular weight is 593 g/mol. The Labute approximate surface area is 226 Å². The van der Waals surface area contributed by atoms with Crippen molar-refractivity contribution in [2.45, 2.75) is 51.8 Å². The summed E-state index contributed by atoms with van der Waals surface area (Å²) < 4.78 is 47.7. The van der Waals surface area contributed by atoms with Crippen molar-refractivity contribution in [1.82, 2.24) is 15.0 Å². The number of anilines is 1. The second kappa shape index (κ2) is 11.0. The summed E-state index contributed by atoms with van der Waals surface area (Å²) >= 11 is 3.34. The molecule has 0 saturated carbocycles. The standard InChI is InChI=1S/C27H28BrF3N4O3/c1-26(2,3)38-25(37)9-16-8-18(27(29,30)31)15-35(14-16)23-6-7-32-12-17(23)10-24(36)21-5-4-20-22(34-21)11-19(28)13-33-20/h4-7,11-13,16,18H,8-10,14-15H2,1-3H3/t16-,18-/m1/s1. The topological polar surface area (TPSA) is 85.3 Å². The Morgan fingerprint density at radius 3 is 2.58 bits per heavy atom. The molecule has 2 atom stereocenters. The van der Waals surface area contributed by atoms with E-state index in [1.807, 2.05) is 0 Å². The van der Waals surface area contributed by atoms with Crippen molar-refractivity contribution >= 4 is 44.4 Å². The maximum Gasteiger partial charge on any atom is 0.393 e. The van der Waals surface area contributed by atoms with Crippen LogP contribution in [0, 0.1) is 11.8 Å². The molecular formula is C27H28BrF3N4O3. The molecular weight excluding hydrogens is 565 g/mol. The van der Waals surface area contributed by atoms with E-state index in [1.165, 1.54) is 12.4 Å². The number of pyridine rings is 3. The fourth-order valence-electron chi connectivity index (χ4n) is 4.67. The molecule has 0 amide bonds. The van der Waals surface area contributed by atoms with Crippen LogP contribution in [0.3, 0.4) is 0 Å². The van der Waals surface area contributed by atoms with Gasteiger partial charge in [0.2, 0.25) is 0 Å². The zero-order valence-electron chi connectivity index (χ0n) is 21.3. The molecule has 3 aromatic heterocycles. The number of fused-ring (bicyclic) bond motifs is 1. The van der Waals surface area contributed by atoms with Crippen molar-refractivity contribution in [2.24, 2.45) is 11.8 Å². The maximum absolute atomic E-state index is 13.9. The van der Waals surface area contributed by atoms with Crippen LogP contribution in [0.5, 0.6) is 0 Å². The zero-order chi connectivity index (χ0) is 27.7. The van der Waals surface area contributed by atoms with Gasteiger partial charge in [0.15, 0.2) is 5.78 Å². The van der Waals surface area contributed by atoms with Crippen molar-refractivity contribution in [3.8, 4) is 0 Å². The summed E-state index contributed by atoms with van der Waals surface area (Å²) in [5.74, 6) is -3.00. The Bertz CT molecular complexity index is 1340. The fourth-order valence-corrected chi connectivity index (χ4v) is 4.99. The lowest BCUT2D eigenvalue weighted by Crippen LogP contribution is -2.47. The molecule has 0 radical (unpaired) electrons. The average Bonchev–Trinajstić information content (AvgIpc) is 2.82. The molecule has 0 spiro atoms. The van der Waals surface area contributed by atoms with E-state index in [0.717, 1.165) is 4.47 Å². The van der Waals surface area contributed by atoms with Gasteiger partial charge in [-0.15, -0.1) is 0 Å². The molecule has 0 bridgehead atoms. The largest absolute Gasteiger partial charge is 0.460 e. The van der Waals surface area contributed by atoms with Crippen LogP contribution in [0.25, 0.3) is 11.0 Å². The molecule has 0 unspecified atom stereocenters. The summed E-state index contributed by atoms with van der Waals surface area (Å²) in [7, 11) is 0. The molecule has 1 saturated heterocycles. The quantitative estimate of drug-likeness (QED) is 0.258. The van der Waals surface area contributed by atoms with Gasteiger partial charge in [0.05, 0.1) is 23.4 Å². The van der Waals surface area contributed by atoms with Gasteiger partial charge in [0, 0.05) is 53.8 Å². The number of ether oxygens (including phenoxy) is 1. The molecule has 202 valence electrons. The fraction of sp³-hybridized carbons (Fsp3) is 0.444. The third-order valence-corrected chi connectivity index (χ3v) is 6.67. The number of aromatic nitrogens is 3. The predicted octanol–water partition coefficient (Wildman–Crippen LogP) is 5.95. The second-order valence-corrected chi connectivity index (χ2v) is 11.4. The van der Waals surface area contributed by atoms with E-state index in [2.05, 4.69) is 30.9 Å². The van der Waals surface area contributed by atoms with Crippen LogP contribution < -0.4 is 4.90 Å². The van der Waals surface area contributed by atoms with Crippen LogP contribution in [-0.2, 0) is 16.0 Å². The Hall–Kier alpha value is -3.08. The molecule has 1 fully saturated rings. The molecule has 4 rings (SSSR count). The number of rotatable bonds is 6. The number of carbonyl (C=O) groups excluding carboxylic acids is 2. The van der Waals surface area contributed by atoms with E-state index in [-0.39, 0.29) is 43.8 Å². The molecule has 0 N–H and O–H groups in total. The smallest absolute Gasteiger partial charge is 0.393 e. The first-order valence-electron chi connectivity index (χ1n) is 12.2. The summed E-state index contributed by atoms with van der Waals surface area (Å²) in [5, 5.41) is 0. The van der Waals surface area contributed by atoms with E-state index in [4.69, 9.17) is 4.74 Å². The summed E-state index contributed by atoms with van der Waals surface area (Å²) in [6.45, 7) is 5.11. The number of alkyl halides is 3. The highest BCUT2D eigenvalue weighted by atomic mass is 79.9. The zero-order valence-corrected chi connectivity index (χ0v) is 22.8. The highest BCUT2D eigenvalue weighted by Gasteiger charge is 2.45. The van der Waals surface area contributed by atoms with Gasteiger partial charge in [-0.05, 0) is 73.3 Å². The minimum absolute atomic E-state index is 0.0902. The Balaban J connectivity index is 1.57. The number of halogens is 4. The lowest BCUT2D eigenvalue weighted by Gasteiger charge is -2.40. The van der Waals surface area contributed by atoms with E-state index >= 15 is 0 Å². The lowest BCUT2D eigenvalue weighted by molar-refractivity contribution is -0.181. The minimum Gasteiger partial charge on any atom is -0.460 e. The van der Waals surface area contributed by atoms with E-state index < -0.39 is 29.6 Å². The van der Waals surface area contributed by atoms with Gasteiger partial charge in [0.1, 0.15) is 11.3 Å². The predicted molar refractivity (Wildman–Crippen MR) is 140 cm³/mol. The highest BCUT2D eigenvalue weighted by Crippen LogP contribution is 2.39. The third-order valence-electron chi connectivity index (χ3n) is 6.23. The molecule has 38 heavy (non-hydrogen) atoms. The first-order valence-corrected chi connectivity index (χ1v) is 13.0. The van der Waals surface area contributed by atoms with Gasteiger partial charge in [-0.1, -0.05) is 0 Å². The van der Waals surface area contributed by atoms with Gasteiger partial charge < -0.3 is 9.64 Å². The van der Waals surface area contributed by atoms with Gasteiger partial charge in [-0.2, -0.15) is 13.2 Å². The number of hydrogen-bond acceptors (Lipinski definition) is 7. The Morgan fingerprint density at radius 1 is 1.11 bits per heavy atom. The molecule has 0 aromatic carbocycles. The summed E-state index contributed by atoms with van der Waals surface area (Å²) in [6.07, 6.45) is -0.185. The number of piperidine rings is 1. The van der Waals surface area contributed by atoms with Crippen molar-refractivity contribution in [3.63, 3.8) is 0 Å². The van der Waals surface area contributed by atoms with Crippen molar-refractivity contribution < 1.29 is 27.5 Å². The van der Waals surface area contributed by atoms with Gasteiger partial charge in [0.25, 0.3) is 0 Å². The van der Waals surface area contributed by atoms with Gasteiger partial charge in [-0.3, -0.25) is 19.6 Å². The van der Waals surface area contributed by atoms with E-state index in [0.29, 0.717) is 22.3 Å². The molecule has 3 aromatic rings. The van der Waals surface area contributed by atoms with Crippen LogP contribution in [-0.4, -0.2) is 51.6 Å². The Kier molecular flexibility index (Phi) is 8.06. The number of hydrogen-bond donors (Lipinski definition) is 0. The highest BCUT2D eigenvalue weighted by molar-refractivity contribution is 9.10. The SMILES string of the molecule is CC(C)(C)OC(=O)C[C@H]1C[C@@H](C(F)(F)F)CN(c2ccncc2CC(=O)c2ccc3ncc(Br)cc3n2)C1. The molecule has 4 heterocycles. The van der Waals surface area contributed by atoms with Crippen molar-refractivity contribution in [1.29, 1.82) is 0 Å². The molecule has 1 aliphatic rings. The Morgan fingerprint density at radius 2 is 1.87 bits per heavy atom. The molecule has 11 heteroatoms. The van der Waals surface area contributed by atoms with Gasteiger partial charge >= 0.3 is 12.1 Å². The van der Waals surface area contributed by atoms with Crippen LogP contribution in [0.4, 0.5) is 18.9 Å². The van der Waals surface area contributed by atoms with Gasteiger partial charge in [-0.25, -0.2) is 4.98 Å². The summed E-state index contributed by atoms with van der Waals surface area (Å²) in [6, 6.07) is 6.65. The summed E-state index contributed by atoms with van der Waals surface area (Å²) in [5.41, 5.74) is 1.66. The monoisotopic (exact) mass is 592 g/mol. The number of Topliss-reactive ketones (excluding diaryl/α,β-unsaturated/α-hetero) is 1. The number of ketones is 1. The third kappa shape index (κ3) is 7.06. The van der Waals surface area contributed by atoms with Crippen LogP contribution in [0.1, 0.15) is 49.7 Å². The van der Waals surface area contributed by atoms with E-state index in [9.17, 15) is 22.8 Å². The normalized spacial score (nSPS) is 18.4. The van der Waals surface area contributed by atoms with Crippen LogP contribution in [0.15, 0.2) is 47.3 Å². The van der Waals surface area contributed by atoms with Crippen LogP contribution >= 0.6 is 15.9 Å². The number of esters is 1. The summed E-state index contributed by atoms with van der Waals surface area (Å²) in [4.78, 5) is 40.0. The first kappa shape index (κ1) is 27.9. The maximum atomic E-state index is 13.9. The second-order valence-electron chi connectivity index (χ2n) is 10.5. The van der Waals surface area contributed by atoms with Crippen LogP contribution in [0.2, 0.25) is 0 Å². The number of carbonyl (C=O) groups is 2. The van der Waals surface area contributed by atoms with Crippen molar-refractivity contribution in [3.05, 3.63) is 58.6 Å². The molecule has 0 aliphatic carbocycles. The van der Waals surface area contributed by atoms with E-state index in [1.54, 1.807) is 56.1 Å². The number of nitrogens with zero attached hydrogens (tertiary/aromatic N) is 4. The minimum atomic E-state index is -4.43.